The van der Waals surface area contributed by atoms with Gasteiger partial charge in [-0.15, -0.1) is 0 Å². The number of amides is 2. The van der Waals surface area contributed by atoms with Crippen LogP contribution in [0, 0.1) is 0 Å². The van der Waals surface area contributed by atoms with Gasteiger partial charge in [-0.25, -0.2) is 4.79 Å². The van der Waals surface area contributed by atoms with Crippen molar-refractivity contribution in [2.75, 3.05) is 19.6 Å². The monoisotopic (exact) mass is 345 g/mol. The highest BCUT2D eigenvalue weighted by molar-refractivity contribution is 5.82. The average molecular weight is 345 g/mol. The van der Waals surface area contributed by atoms with Gasteiger partial charge in [0.15, 0.2) is 0 Å². The number of hydrogen-bond acceptors (Lipinski definition) is 4. The lowest BCUT2D eigenvalue weighted by molar-refractivity contribution is -0.120. The molecule has 0 bridgehead atoms. The van der Waals surface area contributed by atoms with Gasteiger partial charge >= 0.3 is 6.09 Å². The fourth-order valence-electron chi connectivity index (χ4n) is 3.71. The minimum Gasteiger partial charge on any atom is -0.445 e. The number of nitrogens with one attached hydrogen (secondary N) is 2. The Hall–Kier alpha value is -2.08. The van der Waals surface area contributed by atoms with Gasteiger partial charge < -0.3 is 15.4 Å². The summed E-state index contributed by atoms with van der Waals surface area (Å²) in [5.74, 6) is -0.157. The first-order valence-corrected chi connectivity index (χ1v) is 9.18. The molecule has 2 aliphatic rings. The maximum atomic E-state index is 12.0. The maximum absolute atomic E-state index is 12.0. The van der Waals surface area contributed by atoms with Gasteiger partial charge in [0.25, 0.3) is 0 Å². The Morgan fingerprint density at radius 1 is 1.12 bits per heavy atom. The molecule has 1 saturated carbocycles. The smallest absolute Gasteiger partial charge is 0.407 e. The number of carbonyl (C=O) groups is 2. The first-order valence-electron chi connectivity index (χ1n) is 9.18. The third kappa shape index (κ3) is 5.46. The molecule has 25 heavy (non-hydrogen) atoms. The van der Waals surface area contributed by atoms with Gasteiger partial charge in [-0.1, -0.05) is 43.2 Å². The first kappa shape index (κ1) is 17.7. The van der Waals surface area contributed by atoms with E-state index in [1.807, 2.05) is 30.3 Å². The molecule has 2 fully saturated rings. The summed E-state index contributed by atoms with van der Waals surface area (Å²) in [5.41, 5.74) is 0.917. The molecule has 1 aromatic rings. The van der Waals surface area contributed by atoms with Crippen molar-refractivity contribution in [1.29, 1.82) is 0 Å². The van der Waals surface area contributed by atoms with Crippen LogP contribution in [0.3, 0.4) is 0 Å². The van der Waals surface area contributed by atoms with Crippen LogP contribution < -0.4 is 10.6 Å². The predicted molar refractivity (Wildman–Crippen MR) is 95.0 cm³/mol. The molecular formula is C19H27N3O3. The minimum atomic E-state index is -0.571. The van der Waals surface area contributed by atoms with Gasteiger partial charge in [0.2, 0.25) is 5.91 Å². The van der Waals surface area contributed by atoms with Crippen molar-refractivity contribution in [3.63, 3.8) is 0 Å². The molecule has 1 aromatic carbocycles. The molecule has 3 rings (SSSR count). The summed E-state index contributed by atoms with van der Waals surface area (Å²) in [7, 11) is 0. The lowest BCUT2D eigenvalue weighted by atomic mass is 10.2. The van der Waals surface area contributed by atoms with Gasteiger partial charge in [0.1, 0.15) is 13.2 Å². The van der Waals surface area contributed by atoms with Crippen LogP contribution in [0.5, 0.6) is 0 Å². The quantitative estimate of drug-likeness (QED) is 0.828. The van der Waals surface area contributed by atoms with Crippen LogP contribution in [-0.4, -0.2) is 48.6 Å². The van der Waals surface area contributed by atoms with Crippen molar-refractivity contribution >= 4 is 12.0 Å². The topological polar surface area (TPSA) is 70.7 Å². The van der Waals surface area contributed by atoms with Crippen molar-refractivity contribution in [2.45, 2.75) is 50.8 Å². The van der Waals surface area contributed by atoms with E-state index in [2.05, 4.69) is 15.5 Å². The number of carbonyl (C=O) groups excluding carboxylic acids is 2. The van der Waals surface area contributed by atoms with E-state index >= 15 is 0 Å². The molecule has 1 aliphatic heterocycles. The van der Waals surface area contributed by atoms with E-state index in [0.29, 0.717) is 6.04 Å². The standard InChI is InChI=1S/C19H27N3O3/c23-18(12-20-19(24)25-14-15-6-2-1-3-7-15)21-16-10-11-22(13-16)17-8-4-5-9-17/h1-3,6-7,16-17H,4-5,8-14H2,(H,20,24)(H,21,23). The number of likely N-dealkylation sites (tertiary alicyclic amines) is 1. The third-order valence-electron chi connectivity index (χ3n) is 5.03. The van der Waals surface area contributed by atoms with E-state index in [4.69, 9.17) is 4.74 Å². The van der Waals surface area contributed by atoms with Crippen LogP contribution in [0.15, 0.2) is 30.3 Å². The van der Waals surface area contributed by atoms with Crippen molar-refractivity contribution < 1.29 is 14.3 Å². The number of alkyl carbamates (subject to hydrolysis) is 1. The Morgan fingerprint density at radius 2 is 1.88 bits per heavy atom. The fourth-order valence-corrected chi connectivity index (χ4v) is 3.71. The number of ether oxygens (including phenoxy) is 1. The zero-order chi connectivity index (χ0) is 17.5. The SMILES string of the molecule is O=C(CNC(=O)OCc1ccccc1)NC1CCN(C2CCCC2)C1. The van der Waals surface area contributed by atoms with Crippen LogP contribution in [-0.2, 0) is 16.1 Å². The van der Waals surface area contributed by atoms with Crippen LogP contribution in [0.4, 0.5) is 4.79 Å². The molecule has 0 spiro atoms. The summed E-state index contributed by atoms with van der Waals surface area (Å²) in [4.78, 5) is 26.2. The van der Waals surface area contributed by atoms with Crippen molar-refractivity contribution in [1.82, 2.24) is 15.5 Å². The van der Waals surface area contributed by atoms with Gasteiger partial charge in [-0.3, -0.25) is 9.69 Å². The number of hydrogen-bond donors (Lipinski definition) is 2. The van der Waals surface area contributed by atoms with Crippen LogP contribution in [0.1, 0.15) is 37.7 Å². The lowest BCUT2D eigenvalue weighted by Crippen LogP contribution is -2.43. The van der Waals surface area contributed by atoms with Gasteiger partial charge in [0, 0.05) is 25.2 Å². The Balaban J connectivity index is 1.30. The van der Waals surface area contributed by atoms with Crippen molar-refractivity contribution in [3.05, 3.63) is 35.9 Å². The van der Waals surface area contributed by atoms with E-state index in [9.17, 15) is 9.59 Å². The van der Waals surface area contributed by atoms with Gasteiger partial charge in [0.05, 0.1) is 0 Å². The molecule has 2 N–H and O–H groups in total. The van der Waals surface area contributed by atoms with E-state index in [1.165, 1.54) is 25.7 Å². The fraction of sp³-hybridized carbons (Fsp3) is 0.579. The molecule has 1 atom stereocenters. The Bertz CT molecular complexity index is 573. The highest BCUT2D eigenvalue weighted by atomic mass is 16.5. The van der Waals surface area contributed by atoms with Crippen molar-refractivity contribution in [2.24, 2.45) is 0 Å². The van der Waals surface area contributed by atoms with Crippen molar-refractivity contribution in [3.8, 4) is 0 Å². The molecule has 1 heterocycles. The van der Waals surface area contributed by atoms with E-state index in [0.717, 1.165) is 25.1 Å². The molecular weight excluding hydrogens is 318 g/mol. The molecule has 2 amide bonds. The highest BCUT2D eigenvalue weighted by Gasteiger charge is 2.30. The zero-order valence-electron chi connectivity index (χ0n) is 14.6. The van der Waals surface area contributed by atoms with Crippen LogP contribution >= 0.6 is 0 Å². The van der Waals surface area contributed by atoms with E-state index < -0.39 is 6.09 Å². The Kier molecular flexibility index (Phi) is 6.28. The molecule has 1 saturated heterocycles. The second-order valence-corrected chi connectivity index (χ2v) is 6.90. The second kappa shape index (κ2) is 8.85. The summed E-state index contributed by atoms with van der Waals surface area (Å²) in [5, 5.41) is 5.52. The summed E-state index contributed by atoms with van der Waals surface area (Å²) in [6.07, 6.45) is 5.64. The molecule has 6 heteroatoms. The minimum absolute atomic E-state index is 0.0481. The normalized spacial score (nSPS) is 21.2. The molecule has 1 aliphatic carbocycles. The number of benzene rings is 1. The number of rotatable bonds is 6. The second-order valence-electron chi connectivity index (χ2n) is 6.90. The first-order chi connectivity index (χ1) is 12.2. The average Bonchev–Trinajstić information content (AvgIpc) is 3.30. The van der Waals surface area contributed by atoms with E-state index in [-0.39, 0.29) is 25.1 Å². The Morgan fingerprint density at radius 3 is 2.64 bits per heavy atom. The highest BCUT2D eigenvalue weighted by Crippen LogP contribution is 2.26. The van der Waals surface area contributed by atoms with Crippen LogP contribution in [0.2, 0.25) is 0 Å². The molecule has 0 aromatic heterocycles. The van der Waals surface area contributed by atoms with E-state index in [1.54, 1.807) is 0 Å². The summed E-state index contributed by atoms with van der Waals surface area (Å²) >= 11 is 0. The number of nitrogens with zero attached hydrogens (tertiary/aromatic N) is 1. The zero-order valence-corrected chi connectivity index (χ0v) is 14.6. The predicted octanol–water partition coefficient (Wildman–Crippen LogP) is 2.05. The summed E-state index contributed by atoms with van der Waals surface area (Å²) in [6.45, 7) is 2.14. The molecule has 0 radical (unpaired) electrons. The molecule has 136 valence electrons. The Labute approximate surface area is 148 Å². The third-order valence-corrected chi connectivity index (χ3v) is 5.03. The van der Waals surface area contributed by atoms with Crippen LogP contribution in [0.25, 0.3) is 0 Å². The van der Waals surface area contributed by atoms with Gasteiger partial charge in [-0.2, -0.15) is 0 Å². The maximum Gasteiger partial charge on any atom is 0.407 e. The lowest BCUT2D eigenvalue weighted by Gasteiger charge is -2.23. The summed E-state index contributed by atoms with van der Waals surface area (Å²) < 4.78 is 5.09. The largest absolute Gasteiger partial charge is 0.445 e. The molecule has 6 nitrogen and oxygen atoms in total. The molecule has 1 unspecified atom stereocenters. The summed E-state index contributed by atoms with van der Waals surface area (Å²) in [6, 6.07) is 10.3. The van der Waals surface area contributed by atoms with Gasteiger partial charge in [-0.05, 0) is 24.8 Å².